The van der Waals surface area contributed by atoms with Gasteiger partial charge in [-0.25, -0.2) is 0 Å². The molecule has 0 saturated heterocycles. The van der Waals surface area contributed by atoms with Gasteiger partial charge in [0, 0.05) is 17.5 Å². The van der Waals surface area contributed by atoms with Crippen LogP contribution in [0.25, 0.3) is 0 Å². The van der Waals surface area contributed by atoms with Crippen LogP contribution < -0.4 is 10.2 Å². The molecule has 0 saturated carbocycles. The third-order valence-electron chi connectivity index (χ3n) is 9.05. The average molecular weight is 873 g/mol. The second-order valence-electron chi connectivity index (χ2n) is 13.7. The van der Waals surface area contributed by atoms with Crippen molar-refractivity contribution in [2.45, 2.75) is 87.4 Å². The minimum Gasteiger partial charge on any atom is -0.545 e. The largest absolute Gasteiger partial charge is 0.545 e. The Kier molecular flexibility index (Phi) is 21.2. The minimum absolute atomic E-state index is 0.0146. The van der Waals surface area contributed by atoms with E-state index in [0.717, 1.165) is 44.2 Å². The SMILES string of the molecule is CCCCCCCCC(F)(F)F.O=C([O-])c1ccccc1C(=O)[O-].c1ccc([S+](c2ccccc2)c2ccccc2)cc1.c1ccc([S+](c2ccccc2)c2ccccc2)cc1. The maximum atomic E-state index is 11.6. The summed E-state index contributed by atoms with van der Waals surface area (Å²) in [5.41, 5.74) is -0.727. The number of carboxylic acids is 2. The highest BCUT2D eigenvalue weighted by atomic mass is 32.2. The quantitative estimate of drug-likeness (QED) is 0.0805. The van der Waals surface area contributed by atoms with Crippen molar-refractivity contribution in [3.05, 3.63) is 217 Å². The molecule has 0 heterocycles. The number of carbonyl (C=O) groups is 2. The lowest BCUT2D eigenvalue weighted by Gasteiger charge is -2.09. The van der Waals surface area contributed by atoms with Gasteiger partial charge in [-0.2, -0.15) is 13.2 Å². The molecular weight excluding hydrogens is 822 g/mol. The van der Waals surface area contributed by atoms with Crippen molar-refractivity contribution >= 4 is 33.7 Å². The van der Waals surface area contributed by atoms with Crippen LogP contribution in [0.4, 0.5) is 13.2 Å². The Morgan fingerprint density at radius 2 is 0.613 bits per heavy atom. The smallest absolute Gasteiger partial charge is 0.389 e. The van der Waals surface area contributed by atoms with E-state index in [1.807, 2.05) is 0 Å². The summed E-state index contributed by atoms with van der Waals surface area (Å²) in [6.45, 7) is 2.09. The van der Waals surface area contributed by atoms with Gasteiger partial charge in [-0.1, -0.05) is 172 Å². The van der Waals surface area contributed by atoms with Crippen LogP contribution in [0.3, 0.4) is 0 Å². The van der Waals surface area contributed by atoms with Crippen LogP contribution in [0, 0.1) is 0 Å². The molecule has 9 heteroatoms. The number of hydrogen-bond acceptors (Lipinski definition) is 4. The molecule has 0 amide bonds. The topological polar surface area (TPSA) is 80.3 Å². The van der Waals surface area contributed by atoms with E-state index >= 15 is 0 Å². The Hall–Kier alpha value is -6.03. The summed E-state index contributed by atoms with van der Waals surface area (Å²) in [6, 6.07) is 69.4. The van der Waals surface area contributed by atoms with Gasteiger partial charge >= 0.3 is 6.18 Å². The number of alkyl halides is 3. The fourth-order valence-electron chi connectivity index (χ4n) is 6.10. The first-order valence-electron chi connectivity index (χ1n) is 20.5. The van der Waals surface area contributed by atoms with Crippen molar-refractivity contribution in [1.29, 1.82) is 0 Å². The third-order valence-corrected chi connectivity index (χ3v) is 13.5. The highest BCUT2D eigenvalue weighted by molar-refractivity contribution is 7.97. The molecule has 0 aliphatic rings. The summed E-state index contributed by atoms with van der Waals surface area (Å²) in [5.74, 6) is -3.04. The molecule has 320 valence electrons. The summed E-state index contributed by atoms with van der Waals surface area (Å²) in [5, 5.41) is 20.6. The number of benzene rings is 7. The van der Waals surface area contributed by atoms with Crippen molar-refractivity contribution in [3.8, 4) is 0 Å². The molecule has 0 aliphatic carbocycles. The molecule has 0 unspecified atom stereocenters. The number of hydrogen-bond donors (Lipinski definition) is 0. The lowest BCUT2D eigenvalue weighted by atomic mass is 10.1. The van der Waals surface area contributed by atoms with E-state index in [9.17, 15) is 33.0 Å². The van der Waals surface area contributed by atoms with Crippen LogP contribution in [0.1, 0.15) is 72.6 Å². The van der Waals surface area contributed by atoms with Crippen LogP contribution in [-0.4, -0.2) is 18.1 Å². The molecule has 7 aromatic rings. The number of unbranched alkanes of at least 4 members (excludes halogenated alkanes) is 5. The standard InChI is InChI=1S/2C18H15S.C9H17F3.C8H6O4/c2*1-4-10-16(11-5-1)19(17-12-6-2-7-13-17)18-14-8-3-9-15-18;1-2-3-4-5-6-7-8-9(10,11)12;9-7(10)5-3-1-2-4-6(5)8(11)12/h2*1-15H;2-8H2,1H3;1-4H,(H,9,10)(H,11,12)/q2*+1;;/p-2. The van der Waals surface area contributed by atoms with Crippen LogP contribution in [0.5, 0.6) is 0 Å². The Bertz CT molecular complexity index is 1940. The maximum Gasteiger partial charge on any atom is 0.389 e. The third kappa shape index (κ3) is 17.1. The predicted octanol–water partition coefficient (Wildman–Crippen LogP) is 12.3. The monoisotopic (exact) mass is 872 g/mol. The average Bonchev–Trinajstić information content (AvgIpc) is 3.30. The predicted molar refractivity (Wildman–Crippen MR) is 242 cm³/mol. The van der Waals surface area contributed by atoms with Gasteiger partial charge in [0.2, 0.25) is 0 Å². The van der Waals surface area contributed by atoms with E-state index in [1.54, 1.807) is 0 Å². The molecule has 7 aromatic carbocycles. The zero-order valence-corrected chi connectivity index (χ0v) is 36.3. The summed E-state index contributed by atoms with van der Waals surface area (Å²) in [7, 11) is -0.0293. The first kappa shape index (κ1) is 48.6. The number of carboxylic acid groups (broad SMARTS) is 2. The van der Waals surface area contributed by atoms with Gasteiger partial charge in [0.1, 0.15) is 0 Å². The fraction of sp³-hybridized carbons (Fsp3) is 0.170. The summed E-state index contributed by atoms with van der Waals surface area (Å²) in [6.07, 6.45) is 0.764. The van der Waals surface area contributed by atoms with E-state index < -0.39 is 24.5 Å². The Morgan fingerprint density at radius 3 is 0.839 bits per heavy atom. The lowest BCUT2D eigenvalue weighted by molar-refractivity contribution is -0.259. The molecule has 62 heavy (non-hydrogen) atoms. The maximum absolute atomic E-state index is 11.6. The highest BCUT2D eigenvalue weighted by Gasteiger charge is 2.29. The van der Waals surface area contributed by atoms with Gasteiger partial charge in [-0.15, -0.1) is 0 Å². The molecule has 0 bridgehead atoms. The highest BCUT2D eigenvalue weighted by Crippen LogP contribution is 2.32. The summed E-state index contributed by atoms with van der Waals surface area (Å²) in [4.78, 5) is 28.8. The van der Waals surface area contributed by atoms with E-state index in [2.05, 4.69) is 189 Å². The second-order valence-corrected chi connectivity index (χ2v) is 17.8. The van der Waals surface area contributed by atoms with Gasteiger partial charge in [0.25, 0.3) is 0 Å². The Morgan fingerprint density at radius 1 is 0.387 bits per heavy atom. The molecule has 0 atom stereocenters. The number of rotatable bonds is 14. The van der Waals surface area contributed by atoms with Crippen molar-refractivity contribution in [1.82, 2.24) is 0 Å². The molecule has 7 rings (SSSR count). The molecule has 0 spiro atoms. The fourth-order valence-corrected chi connectivity index (χ4v) is 10.3. The van der Waals surface area contributed by atoms with Crippen LogP contribution >= 0.6 is 0 Å². The summed E-state index contributed by atoms with van der Waals surface area (Å²) >= 11 is 0. The Balaban J connectivity index is 0.000000187. The normalized spacial score (nSPS) is 10.6. The summed E-state index contributed by atoms with van der Waals surface area (Å²) < 4.78 is 34.9. The lowest BCUT2D eigenvalue weighted by Crippen LogP contribution is -2.29. The van der Waals surface area contributed by atoms with Crippen molar-refractivity contribution in [2.24, 2.45) is 0 Å². The molecular formula is C53H51F3O4S2. The van der Waals surface area contributed by atoms with E-state index in [4.69, 9.17) is 0 Å². The van der Waals surface area contributed by atoms with Crippen LogP contribution in [-0.2, 0) is 21.8 Å². The molecule has 0 radical (unpaired) electrons. The van der Waals surface area contributed by atoms with Crippen LogP contribution in [0.2, 0.25) is 0 Å². The van der Waals surface area contributed by atoms with E-state index in [1.165, 1.54) is 41.5 Å². The number of carbonyl (C=O) groups excluding carboxylic acids is 2. The molecule has 0 aliphatic heterocycles. The van der Waals surface area contributed by atoms with Crippen molar-refractivity contribution < 1.29 is 33.0 Å². The van der Waals surface area contributed by atoms with E-state index in [-0.39, 0.29) is 32.9 Å². The molecule has 0 aromatic heterocycles. The van der Waals surface area contributed by atoms with Crippen molar-refractivity contribution in [2.75, 3.05) is 0 Å². The van der Waals surface area contributed by atoms with Gasteiger partial charge < -0.3 is 19.8 Å². The van der Waals surface area contributed by atoms with Crippen LogP contribution in [0.15, 0.2) is 236 Å². The second kappa shape index (κ2) is 27.0. The van der Waals surface area contributed by atoms with E-state index in [0.29, 0.717) is 6.42 Å². The first-order valence-corrected chi connectivity index (χ1v) is 22.9. The van der Waals surface area contributed by atoms with Gasteiger partial charge in [0.05, 0.1) is 33.7 Å². The minimum atomic E-state index is -3.95. The molecule has 0 fully saturated rings. The van der Waals surface area contributed by atoms with Gasteiger partial charge in [-0.05, 0) is 79.2 Å². The van der Waals surface area contributed by atoms with Gasteiger partial charge in [0.15, 0.2) is 29.4 Å². The molecule has 4 nitrogen and oxygen atoms in total. The zero-order valence-electron chi connectivity index (χ0n) is 34.7. The molecule has 0 N–H and O–H groups in total. The van der Waals surface area contributed by atoms with Gasteiger partial charge in [-0.3, -0.25) is 0 Å². The zero-order chi connectivity index (χ0) is 44.4. The number of aromatic carboxylic acids is 2. The Labute approximate surface area is 369 Å². The first-order chi connectivity index (χ1) is 30.1. The van der Waals surface area contributed by atoms with Crippen molar-refractivity contribution in [3.63, 3.8) is 0 Å². The number of halogens is 3.